The second-order valence-electron chi connectivity index (χ2n) is 4.69. The van der Waals surface area contributed by atoms with E-state index < -0.39 is 0 Å². The lowest BCUT2D eigenvalue weighted by Gasteiger charge is -2.17. The van der Waals surface area contributed by atoms with Gasteiger partial charge in [0.15, 0.2) is 5.76 Å². The van der Waals surface area contributed by atoms with E-state index in [4.69, 9.17) is 8.83 Å². The van der Waals surface area contributed by atoms with Gasteiger partial charge in [0.25, 0.3) is 5.89 Å². The van der Waals surface area contributed by atoms with Crippen LogP contribution in [0.25, 0.3) is 11.7 Å². The van der Waals surface area contributed by atoms with E-state index in [0.29, 0.717) is 17.6 Å². The number of aryl methyl sites for hydroxylation is 1. The van der Waals surface area contributed by atoms with Crippen LogP contribution in [0.3, 0.4) is 0 Å². The average molecular weight is 232 g/mol. The fraction of sp³-hybridized carbons (Fsp3) is 0.538. The van der Waals surface area contributed by atoms with Gasteiger partial charge in [-0.3, -0.25) is 0 Å². The molecule has 0 bridgehead atoms. The van der Waals surface area contributed by atoms with Crippen LogP contribution in [0.15, 0.2) is 21.0 Å². The van der Waals surface area contributed by atoms with Crippen LogP contribution in [0, 0.1) is 6.92 Å². The van der Waals surface area contributed by atoms with Gasteiger partial charge in [-0.1, -0.05) is 19.3 Å². The molecule has 17 heavy (non-hydrogen) atoms. The van der Waals surface area contributed by atoms with E-state index in [1.54, 1.807) is 0 Å². The van der Waals surface area contributed by atoms with Crippen molar-refractivity contribution in [2.75, 3.05) is 0 Å². The van der Waals surface area contributed by atoms with Crippen LogP contribution in [0.5, 0.6) is 0 Å². The van der Waals surface area contributed by atoms with Gasteiger partial charge in [0.1, 0.15) is 5.76 Å². The number of aromatic nitrogens is 2. The topological polar surface area (TPSA) is 52.1 Å². The summed E-state index contributed by atoms with van der Waals surface area (Å²) in [5, 5.41) is 8.21. The summed E-state index contributed by atoms with van der Waals surface area (Å²) in [6.07, 6.45) is 6.19. The first kappa shape index (κ1) is 10.6. The van der Waals surface area contributed by atoms with Gasteiger partial charge in [-0.15, -0.1) is 10.2 Å². The number of hydrogen-bond donors (Lipinski definition) is 0. The largest absolute Gasteiger partial charge is 0.456 e. The van der Waals surface area contributed by atoms with Gasteiger partial charge in [-0.2, -0.15) is 0 Å². The summed E-state index contributed by atoms with van der Waals surface area (Å²) in [6.45, 7) is 1.90. The van der Waals surface area contributed by atoms with E-state index in [-0.39, 0.29) is 0 Å². The van der Waals surface area contributed by atoms with E-state index in [2.05, 4.69) is 10.2 Å². The molecule has 0 unspecified atom stereocenters. The molecule has 90 valence electrons. The van der Waals surface area contributed by atoms with Crippen molar-refractivity contribution in [2.45, 2.75) is 44.9 Å². The lowest BCUT2D eigenvalue weighted by atomic mass is 9.89. The van der Waals surface area contributed by atoms with E-state index in [9.17, 15) is 0 Å². The third-order valence-corrected chi connectivity index (χ3v) is 3.35. The highest BCUT2D eigenvalue weighted by atomic mass is 16.4. The maximum absolute atomic E-state index is 5.71. The lowest BCUT2D eigenvalue weighted by Crippen LogP contribution is -2.04. The quantitative estimate of drug-likeness (QED) is 0.792. The second-order valence-corrected chi connectivity index (χ2v) is 4.69. The summed E-state index contributed by atoms with van der Waals surface area (Å²) in [6, 6.07) is 3.77. The predicted octanol–water partition coefficient (Wildman–Crippen LogP) is 3.69. The van der Waals surface area contributed by atoms with Crippen molar-refractivity contribution < 1.29 is 8.83 Å². The maximum atomic E-state index is 5.71. The van der Waals surface area contributed by atoms with Crippen LogP contribution in [0.1, 0.15) is 49.7 Å². The van der Waals surface area contributed by atoms with Crippen molar-refractivity contribution in [3.63, 3.8) is 0 Å². The summed E-state index contributed by atoms with van der Waals surface area (Å²) >= 11 is 0. The summed E-state index contributed by atoms with van der Waals surface area (Å²) in [5.74, 6) is 3.24. The van der Waals surface area contributed by atoms with Crippen LogP contribution in [-0.4, -0.2) is 10.2 Å². The SMILES string of the molecule is Cc1ccc(-c2nnc(C3CCCCC3)o2)o1. The molecule has 0 N–H and O–H groups in total. The van der Waals surface area contributed by atoms with Crippen LogP contribution in [0.2, 0.25) is 0 Å². The van der Waals surface area contributed by atoms with E-state index in [1.807, 2.05) is 19.1 Å². The van der Waals surface area contributed by atoms with Gasteiger partial charge in [-0.05, 0) is 31.9 Å². The third-order valence-electron chi connectivity index (χ3n) is 3.35. The van der Waals surface area contributed by atoms with Crippen molar-refractivity contribution in [3.05, 3.63) is 23.8 Å². The molecule has 0 aliphatic heterocycles. The molecule has 1 saturated carbocycles. The monoisotopic (exact) mass is 232 g/mol. The Morgan fingerprint density at radius 3 is 2.59 bits per heavy atom. The first-order valence-electron chi connectivity index (χ1n) is 6.23. The molecule has 0 radical (unpaired) electrons. The van der Waals surface area contributed by atoms with Crippen molar-refractivity contribution >= 4 is 0 Å². The molecule has 1 aliphatic carbocycles. The first-order chi connectivity index (χ1) is 8.33. The Kier molecular flexibility index (Phi) is 2.71. The lowest BCUT2D eigenvalue weighted by molar-refractivity contribution is 0.364. The summed E-state index contributed by atoms with van der Waals surface area (Å²) < 4.78 is 11.2. The van der Waals surface area contributed by atoms with Crippen LogP contribution in [0.4, 0.5) is 0 Å². The third kappa shape index (κ3) is 2.12. The van der Waals surface area contributed by atoms with Crippen LogP contribution >= 0.6 is 0 Å². The van der Waals surface area contributed by atoms with E-state index >= 15 is 0 Å². The first-order valence-corrected chi connectivity index (χ1v) is 6.23. The number of rotatable bonds is 2. The Balaban J connectivity index is 1.82. The molecular formula is C13H16N2O2. The molecule has 2 aromatic rings. The minimum atomic E-state index is 0.445. The maximum Gasteiger partial charge on any atom is 0.283 e. The zero-order valence-corrected chi connectivity index (χ0v) is 9.98. The van der Waals surface area contributed by atoms with Crippen LogP contribution < -0.4 is 0 Å². The van der Waals surface area contributed by atoms with Gasteiger partial charge in [0, 0.05) is 5.92 Å². The minimum Gasteiger partial charge on any atom is -0.456 e. The molecule has 0 saturated heterocycles. The molecule has 0 amide bonds. The van der Waals surface area contributed by atoms with Gasteiger partial charge in [0.05, 0.1) is 0 Å². The van der Waals surface area contributed by atoms with Crippen molar-refractivity contribution in [1.82, 2.24) is 10.2 Å². The molecular weight excluding hydrogens is 216 g/mol. The average Bonchev–Trinajstić information content (AvgIpc) is 2.98. The normalized spacial score (nSPS) is 17.5. The van der Waals surface area contributed by atoms with Crippen molar-refractivity contribution in [2.24, 2.45) is 0 Å². The van der Waals surface area contributed by atoms with Crippen molar-refractivity contribution in [3.8, 4) is 11.7 Å². The molecule has 2 heterocycles. The Morgan fingerprint density at radius 2 is 1.88 bits per heavy atom. The summed E-state index contributed by atoms with van der Waals surface area (Å²) in [7, 11) is 0. The van der Waals surface area contributed by atoms with E-state index in [1.165, 1.54) is 32.1 Å². The fourth-order valence-corrected chi connectivity index (χ4v) is 2.40. The Bertz CT molecular complexity index is 495. The highest BCUT2D eigenvalue weighted by Gasteiger charge is 2.22. The smallest absolute Gasteiger partial charge is 0.283 e. The van der Waals surface area contributed by atoms with Crippen LogP contribution in [-0.2, 0) is 0 Å². The highest BCUT2D eigenvalue weighted by molar-refractivity contribution is 5.43. The van der Waals surface area contributed by atoms with Gasteiger partial charge < -0.3 is 8.83 Å². The molecule has 2 aromatic heterocycles. The number of furan rings is 1. The molecule has 0 atom stereocenters. The van der Waals surface area contributed by atoms with Crippen molar-refractivity contribution in [1.29, 1.82) is 0 Å². The standard InChI is InChI=1S/C13H16N2O2/c1-9-7-8-11(16-9)13-15-14-12(17-13)10-5-3-2-4-6-10/h7-8,10H,2-6H2,1H3. The van der Waals surface area contributed by atoms with E-state index in [0.717, 1.165) is 11.7 Å². The molecule has 0 spiro atoms. The minimum absolute atomic E-state index is 0.445. The Hall–Kier alpha value is -1.58. The molecule has 1 fully saturated rings. The highest BCUT2D eigenvalue weighted by Crippen LogP contribution is 2.33. The zero-order valence-electron chi connectivity index (χ0n) is 9.98. The molecule has 0 aromatic carbocycles. The van der Waals surface area contributed by atoms with Gasteiger partial charge >= 0.3 is 0 Å². The van der Waals surface area contributed by atoms with Gasteiger partial charge in [-0.25, -0.2) is 0 Å². The molecule has 1 aliphatic rings. The molecule has 4 heteroatoms. The second kappa shape index (κ2) is 4.35. The Labute approximate surface area is 100 Å². The zero-order chi connectivity index (χ0) is 11.7. The number of nitrogens with zero attached hydrogens (tertiary/aromatic N) is 2. The fourth-order valence-electron chi connectivity index (χ4n) is 2.40. The molecule has 4 nitrogen and oxygen atoms in total. The summed E-state index contributed by atoms with van der Waals surface area (Å²) in [5.41, 5.74) is 0. The predicted molar refractivity (Wildman–Crippen MR) is 62.6 cm³/mol. The van der Waals surface area contributed by atoms with Gasteiger partial charge in [0.2, 0.25) is 5.89 Å². The summed E-state index contributed by atoms with van der Waals surface area (Å²) in [4.78, 5) is 0. The number of hydrogen-bond acceptors (Lipinski definition) is 4. The molecule has 3 rings (SSSR count). The Morgan fingerprint density at radius 1 is 1.06 bits per heavy atom.